The van der Waals surface area contributed by atoms with Crippen molar-refractivity contribution in [2.24, 2.45) is 5.84 Å². The molecule has 0 saturated heterocycles. The minimum absolute atomic E-state index is 0.658. The van der Waals surface area contributed by atoms with Crippen molar-refractivity contribution < 1.29 is 4.74 Å². The maximum absolute atomic E-state index is 5.64. The summed E-state index contributed by atoms with van der Waals surface area (Å²) in [6, 6.07) is 9.80. The fourth-order valence-corrected chi connectivity index (χ4v) is 2.01. The number of ether oxygens (including phenoxy) is 1. The second-order valence-electron chi connectivity index (χ2n) is 4.49. The molecule has 1 heterocycles. The molecule has 0 saturated carbocycles. The van der Waals surface area contributed by atoms with Gasteiger partial charge in [0, 0.05) is 12.1 Å². The number of para-hydroxylation sites is 1. The maximum atomic E-state index is 5.64. The molecule has 2 rings (SSSR count). The lowest BCUT2D eigenvalue weighted by Crippen LogP contribution is -2.15. The molecule has 0 atom stereocenters. The highest BCUT2D eigenvalue weighted by Crippen LogP contribution is 2.19. The van der Waals surface area contributed by atoms with Gasteiger partial charge in [0.1, 0.15) is 23.7 Å². The number of nitrogens with two attached hydrogens (primary N) is 1. The molecule has 0 spiro atoms. The van der Waals surface area contributed by atoms with Crippen LogP contribution in [0.4, 0.5) is 11.6 Å². The second-order valence-corrected chi connectivity index (χ2v) is 4.49. The van der Waals surface area contributed by atoms with Crippen molar-refractivity contribution in [3.63, 3.8) is 0 Å². The molecule has 1 aromatic heterocycles. The summed E-state index contributed by atoms with van der Waals surface area (Å²) in [7, 11) is 0. The van der Waals surface area contributed by atoms with Gasteiger partial charge < -0.3 is 15.5 Å². The molecule has 0 aliphatic rings. The Morgan fingerprint density at radius 2 is 1.90 bits per heavy atom. The Kier molecular flexibility index (Phi) is 5.78. The molecule has 4 N–H and O–H groups in total. The van der Waals surface area contributed by atoms with E-state index in [1.807, 2.05) is 37.3 Å². The standard InChI is InChI=1S/C15H21N5O/c1-2-13-14(18-11-19-15(13)20-16)17-9-6-10-21-12-7-4-3-5-8-12/h3-5,7-8,11H,2,6,9-10,16H2,1H3,(H2,17,18,19,20). The van der Waals surface area contributed by atoms with Crippen LogP contribution < -0.4 is 21.3 Å². The highest BCUT2D eigenvalue weighted by molar-refractivity contribution is 5.56. The second kappa shape index (κ2) is 8.06. The zero-order chi connectivity index (χ0) is 14.9. The van der Waals surface area contributed by atoms with E-state index in [-0.39, 0.29) is 0 Å². The monoisotopic (exact) mass is 287 g/mol. The summed E-state index contributed by atoms with van der Waals surface area (Å²) >= 11 is 0. The van der Waals surface area contributed by atoms with E-state index in [9.17, 15) is 0 Å². The third-order valence-corrected chi connectivity index (χ3v) is 3.06. The molecule has 0 fully saturated rings. The predicted molar refractivity (Wildman–Crippen MR) is 84.3 cm³/mol. The summed E-state index contributed by atoms with van der Waals surface area (Å²) in [5.41, 5.74) is 3.58. The number of nitrogen functional groups attached to an aromatic ring is 1. The quantitative estimate of drug-likeness (QED) is 0.392. The van der Waals surface area contributed by atoms with Crippen molar-refractivity contribution in [3.8, 4) is 5.75 Å². The Morgan fingerprint density at radius 1 is 1.14 bits per heavy atom. The van der Waals surface area contributed by atoms with Crippen LogP contribution in [0.2, 0.25) is 0 Å². The van der Waals surface area contributed by atoms with E-state index in [1.165, 1.54) is 6.33 Å². The highest BCUT2D eigenvalue weighted by Gasteiger charge is 2.07. The third-order valence-electron chi connectivity index (χ3n) is 3.06. The van der Waals surface area contributed by atoms with Crippen LogP contribution in [0.15, 0.2) is 36.7 Å². The van der Waals surface area contributed by atoms with E-state index in [4.69, 9.17) is 10.6 Å². The summed E-state index contributed by atoms with van der Waals surface area (Å²) in [4.78, 5) is 8.36. The van der Waals surface area contributed by atoms with Crippen LogP contribution in [0, 0.1) is 0 Å². The van der Waals surface area contributed by atoms with Crippen molar-refractivity contribution in [3.05, 3.63) is 42.2 Å². The molecule has 0 aliphatic heterocycles. The molecule has 1 aromatic carbocycles. The average Bonchev–Trinajstić information content (AvgIpc) is 2.55. The molecule has 2 aromatic rings. The first-order valence-corrected chi connectivity index (χ1v) is 7.07. The number of benzene rings is 1. The van der Waals surface area contributed by atoms with Crippen LogP contribution in [-0.2, 0) is 6.42 Å². The summed E-state index contributed by atoms with van der Waals surface area (Å²) in [6.07, 6.45) is 3.19. The molecule has 0 bridgehead atoms. The van der Waals surface area contributed by atoms with Gasteiger partial charge in [0.25, 0.3) is 0 Å². The molecule has 112 valence electrons. The minimum Gasteiger partial charge on any atom is -0.494 e. The summed E-state index contributed by atoms with van der Waals surface area (Å²) in [5.74, 6) is 7.82. The molecular weight excluding hydrogens is 266 g/mol. The zero-order valence-corrected chi connectivity index (χ0v) is 12.2. The fraction of sp³-hybridized carbons (Fsp3) is 0.333. The first-order chi connectivity index (χ1) is 10.3. The summed E-state index contributed by atoms with van der Waals surface area (Å²) < 4.78 is 5.64. The molecule has 0 aliphatic carbocycles. The highest BCUT2D eigenvalue weighted by atomic mass is 16.5. The van der Waals surface area contributed by atoms with Gasteiger partial charge in [0.2, 0.25) is 0 Å². The largest absolute Gasteiger partial charge is 0.494 e. The molecule has 0 radical (unpaired) electrons. The Balaban J connectivity index is 1.78. The van der Waals surface area contributed by atoms with Crippen molar-refractivity contribution in [1.82, 2.24) is 9.97 Å². The predicted octanol–water partition coefficient (Wildman–Crippen LogP) is 2.21. The van der Waals surface area contributed by atoms with Gasteiger partial charge in [-0.05, 0) is 25.0 Å². The van der Waals surface area contributed by atoms with E-state index in [0.29, 0.717) is 12.4 Å². The number of anilines is 2. The number of aromatic nitrogens is 2. The molecule has 0 amide bonds. The average molecular weight is 287 g/mol. The first-order valence-electron chi connectivity index (χ1n) is 7.07. The third kappa shape index (κ3) is 4.32. The van der Waals surface area contributed by atoms with E-state index >= 15 is 0 Å². The Labute approximate surface area is 124 Å². The van der Waals surface area contributed by atoms with Crippen LogP contribution in [0.3, 0.4) is 0 Å². The van der Waals surface area contributed by atoms with Gasteiger partial charge in [0.05, 0.1) is 6.61 Å². The van der Waals surface area contributed by atoms with E-state index in [2.05, 4.69) is 20.7 Å². The van der Waals surface area contributed by atoms with Crippen molar-refractivity contribution in [1.29, 1.82) is 0 Å². The smallest absolute Gasteiger partial charge is 0.148 e. The Morgan fingerprint density at radius 3 is 2.62 bits per heavy atom. The first kappa shape index (κ1) is 15.1. The maximum Gasteiger partial charge on any atom is 0.148 e. The van der Waals surface area contributed by atoms with Gasteiger partial charge in [-0.15, -0.1) is 0 Å². The minimum atomic E-state index is 0.658. The molecule has 6 nitrogen and oxygen atoms in total. The molecule has 6 heteroatoms. The number of hydrogen-bond donors (Lipinski definition) is 3. The van der Waals surface area contributed by atoms with Crippen molar-refractivity contribution in [2.75, 3.05) is 23.9 Å². The number of nitrogens with one attached hydrogen (secondary N) is 2. The van der Waals surface area contributed by atoms with Crippen molar-refractivity contribution in [2.45, 2.75) is 19.8 Å². The van der Waals surface area contributed by atoms with Crippen molar-refractivity contribution >= 4 is 11.6 Å². The zero-order valence-electron chi connectivity index (χ0n) is 12.2. The van der Waals surface area contributed by atoms with E-state index < -0.39 is 0 Å². The van der Waals surface area contributed by atoms with Crippen LogP contribution >= 0.6 is 0 Å². The lowest BCUT2D eigenvalue weighted by molar-refractivity contribution is 0.315. The lowest BCUT2D eigenvalue weighted by Gasteiger charge is -2.12. The van der Waals surface area contributed by atoms with Gasteiger partial charge in [0.15, 0.2) is 0 Å². The number of hydrazine groups is 1. The van der Waals surface area contributed by atoms with Crippen LogP contribution in [0.25, 0.3) is 0 Å². The number of rotatable bonds is 8. The molecule has 0 unspecified atom stereocenters. The van der Waals surface area contributed by atoms with Gasteiger partial charge in [-0.1, -0.05) is 25.1 Å². The fourth-order valence-electron chi connectivity index (χ4n) is 2.01. The number of nitrogens with zero attached hydrogens (tertiary/aromatic N) is 2. The van der Waals surface area contributed by atoms with Gasteiger partial charge in [-0.3, -0.25) is 0 Å². The summed E-state index contributed by atoms with van der Waals surface area (Å²) in [5, 5.41) is 3.30. The SMILES string of the molecule is CCc1c(NN)ncnc1NCCCOc1ccccc1. The van der Waals surface area contributed by atoms with Crippen LogP contribution in [0.5, 0.6) is 5.75 Å². The van der Waals surface area contributed by atoms with Gasteiger partial charge in [-0.25, -0.2) is 15.8 Å². The van der Waals surface area contributed by atoms with Crippen LogP contribution in [-0.4, -0.2) is 23.1 Å². The Bertz CT molecular complexity index is 547. The Hall–Kier alpha value is -2.34. The molecule has 21 heavy (non-hydrogen) atoms. The van der Waals surface area contributed by atoms with E-state index in [1.54, 1.807) is 0 Å². The normalized spacial score (nSPS) is 10.2. The van der Waals surface area contributed by atoms with Gasteiger partial charge in [-0.2, -0.15) is 0 Å². The molecular formula is C15H21N5O. The lowest BCUT2D eigenvalue weighted by atomic mass is 10.2. The summed E-state index contributed by atoms with van der Waals surface area (Å²) in [6.45, 7) is 3.48. The number of hydrogen-bond acceptors (Lipinski definition) is 6. The van der Waals surface area contributed by atoms with Crippen LogP contribution in [0.1, 0.15) is 18.9 Å². The topological polar surface area (TPSA) is 85.1 Å². The van der Waals surface area contributed by atoms with Gasteiger partial charge >= 0.3 is 0 Å². The van der Waals surface area contributed by atoms with E-state index in [0.717, 1.165) is 36.5 Å².